The summed E-state index contributed by atoms with van der Waals surface area (Å²) in [6.45, 7) is 0.572. The highest BCUT2D eigenvalue weighted by molar-refractivity contribution is 6.27. The van der Waals surface area contributed by atoms with Crippen LogP contribution < -0.4 is 5.32 Å². The topological polar surface area (TPSA) is 32.3 Å². The Hall–Kier alpha value is -1.06. The van der Waals surface area contributed by atoms with Crippen LogP contribution in [-0.2, 0) is 4.79 Å². The lowest BCUT2D eigenvalue weighted by atomic mass is 10.1. The summed E-state index contributed by atoms with van der Waals surface area (Å²) in [7, 11) is 3.98. The second-order valence-corrected chi connectivity index (χ2v) is 4.10. The van der Waals surface area contributed by atoms with Gasteiger partial charge in [0.25, 0.3) is 0 Å². The molecule has 16 heavy (non-hydrogen) atoms. The molecule has 0 saturated heterocycles. The zero-order valence-corrected chi connectivity index (χ0v) is 10.4. The Morgan fingerprint density at radius 2 is 2.00 bits per heavy atom. The van der Waals surface area contributed by atoms with Gasteiger partial charge >= 0.3 is 0 Å². The van der Waals surface area contributed by atoms with Crippen LogP contribution in [0.25, 0.3) is 0 Å². The van der Waals surface area contributed by atoms with Gasteiger partial charge in [0.15, 0.2) is 0 Å². The highest BCUT2D eigenvalue weighted by Crippen LogP contribution is 2.16. The molecule has 0 bridgehead atoms. The normalized spacial score (nSPS) is 12.5. The third-order valence-electron chi connectivity index (χ3n) is 2.42. The van der Waals surface area contributed by atoms with Crippen molar-refractivity contribution in [1.29, 1.82) is 0 Å². The summed E-state index contributed by atoms with van der Waals surface area (Å²) in [6, 6.07) is 10.3. The first-order chi connectivity index (χ1) is 7.65. The van der Waals surface area contributed by atoms with Crippen LogP contribution >= 0.6 is 11.6 Å². The molecule has 1 amide bonds. The molecule has 1 atom stereocenters. The van der Waals surface area contributed by atoms with Crippen molar-refractivity contribution in [3.8, 4) is 0 Å². The van der Waals surface area contributed by atoms with E-state index in [0.29, 0.717) is 6.54 Å². The zero-order chi connectivity index (χ0) is 12.0. The number of nitrogens with one attached hydrogen (secondary N) is 1. The van der Waals surface area contributed by atoms with Crippen molar-refractivity contribution in [3.63, 3.8) is 0 Å². The quantitative estimate of drug-likeness (QED) is 0.794. The van der Waals surface area contributed by atoms with Crippen LogP contribution in [0.4, 0.5) is 0 Å². The minimum atomic E-state index is -0.135. The van der Waals surface area contributed by atoms with Gasteiger partial charge in [0.1, 0.15) is 5.88 Å². The third-order valence-corrected chi connectivity index (χ3v) is 2.66. The number of halogens is 1. The molecule has 0 spiro atoms. The smallest absolute Gasteiger partial charge is 0.234 e. The standard InChI is InChI=1S/C12H17ClN2O/c1-15(2)11(9-14-12(16)8-13)10-6-4-3-5-7-10/h3-7,11H,8-9H2,1-2H3,(H,14,16). The average Bonchev–Trinajstić information content (AvgIpc) is 2.30. The Kier molecular flexibility index (Phi) is 5.29. The molecular weight excluding hydrogens is 224 g/mol. The molecule has 3 nitrogen and oxygen atoms in total. The second-order valence-electron chi connectivity index (χ2n) is 3.83. The van der Waals surface area contributed by atoms with Crippen LogP contribution in [0.3, 0.4) is 0 Å². The van der Waals surface area contributed by atoms with Crippen molar-refractivity contribution in [1.82, 2.24) is 10.2 Å². The van der Waals surface area contributed by atoms with Gasteiger partial charge in [-0.3, -0.25) is 4.79 Å². The molecule has 1 aromatic rings. The maximum atomic E-state index is 11.1. The molecule has 1 unspecified atom stereocenters. The van der Waals surface area contributed by atoms with E-state index in [1.165, 1.54) is 5.56 Å². The average molecular weight is 241 g/mol. The van der Waals surface area contributed by atoms with Crippen molar-refractivity contribution in [3.05, 3.63) is 35.9 Å². The van der Waals surface area contributed by atoms with Gasteiger partial charge in [-0.1, -0.05) is 30.3 Å². The van der Waals surface area contributed by atoms with Gasteiger partial charge in [-0.15, -0.1) is 11.6 Å². The lowest BCUT2D eigenvalue weighted by Crippen LogP contribution is -2.35. The molecule has 4 heteroatoms. The lowest BCUT2D eigenvalue weighted by Gasteiger charge is -2.24. The van der Waals surface area contributed by atoms with Gasteiger partial charge in [0, 0.05) is 6.54 Å². The van der Waals surface area contributed by atoms with E-state index in [2.05, 4.69) is 22.3 Å². The van der Waals surface area contributed by atoms with Crippen molar-refractivity contribution >= 4 is 17.5 Å². The molecule has 1 N–H and O–H groups in total. The minimum Gasteiger partial charge on any atom is -0.353 e. The Balaban J connectivity index is 2.66. The number of carbonyl (C=O) groups excluding carboxylic acids is 1. The summed E-state index contributed by atoms with van der Waals surface area (Å²) < 4.78 is 0. The first kappa shape index (κ1) is 13.0. The van der Waals surface area contributed by atoms with Gasteiger partial charge < -0.3 is 10.2 Å². The van der Waals surface area contributed by atoms with Gasteiger partial charge in [0.2, 0.25) is 5.91 Å². The first-order valence-corrected chi connectivity index (χ1v) is 5.72. The van der Waals surface area contributed by atoms with E-state index in [1.54, 1.807) is 0 Å². The predicted molar refractivity (Wildman–Crippen MR) is 66.6 cm³/mol. The number of alkyl halides is 1. The van der Waals surface area contributed by atoms with Gasteiger partial charge in [-0.05, 0) is 19.7 Å². The lowest BCUT2D eigenvalue weighted by molar-refractivity contribution is -0.118. The number of carbonyl (C=O) groups is 1. The molecule has 0 radical (unpaired) electrons. The van der Waals surface area contributed by atoms with Crippen molar-refractivity contribution in [2.45, 2.75) is 6.04 Å². The molecule has 0 aliphatic carbocycles. The molecule has 0 aromatic heterocycles. The third kappa shape index (κ3) is 3.83. The Morgan fingerprint density at radius 3 is 2.50 bits per heavy atom. The van der Waals surface area contributed by atoms with E-state index in [1.807, 2.05) is 32.3 Å². The largest absolute Gasteiger partial charge is 0.353 e. The van der Waals surface area contributed by atoms with E-state index in [0.717, 1.165) is 0 Å². The summed E-state index contributed by atoms with van der Waals surface area (Å²) in [6.07, 6.45) is 0. The Morgan fingerprint density at radius 1 is 1.38 bits per heavy atom. The molecule has 1 aromatic carbocycles. The summed E-state index contributed by atoms with van der Waals surface area (Å²) in [5, 5.41) is 2.80. The Bertz CT molecular complexity index is 327. The fourth-order valence-corrected chi connectivity index (χ4v) is 1.63. The zero-order valence-electron chi connectivity index (χ0n) is 9.61. The van der Waals surface area contributed by atoms with Crippen LogP contribution in [0.2, 0.25) is 0 Å². The highest BCUT2D eigenvalue weighted by Gasteiger charge is 2.14. The fourth-order valence-electron chi connectivity index (χ4n) is 1.53. The van der Waals surface area contributed by atoms with E-state index in [-0.39, 0.29) is 17.8 Å². The van der Waals surface area contributed by atoms with Crippen molar-refractivity contribution in [2.24, 2.45) is 0 Å². The SMILES string of the molecule is CN(C)C(CNC(=O)CCl)c1ccccc1. The summed E-state index contributed by atoms with van der Waals surface area (Å²) in [5.74, 6) is -0.126. The van der Waals surface area contributed by atoms with Gasteiger partial charge in [-0.25, -0.2) is 0 Å². The molecule has 1 rings (SSSR count). The van der Waals surface area contributed by atoms with Crippen LogP contribution in [0.1, 0.15) is 11.6 Å². The summed E-state index contributed by atoms with van der Waals surface area (Å²) >= 11 is 5.44. The maximum Gasteiger partial charge on any atom is 0.234 e. The number of hydrogen-bond donors (Lipinski definition) is 1. The molecule has 0 saturated carbocycles. The van der Waals surface area contributed by atoms with Crippen LogP contribution in [0, 0.1) is 0 Å². The van der Waals surface area contributed by atoms with Crippen molar-refractivity contribution in [2.75, 3.05) is 26.5 Å². The van der Waals surface area contributed by atoms with Crippen LogP contribution in [-0.4, -0.2) is 37.3 Å². The highest BCUT2D eigenvalue weighted by atomic mass is 35.5. The Labute approximate surface area is 101 Å². The predicted octanol–water partition coefficient (Wildman–Crippen LogP) is 1.64. The number of amides is 1. The number of nitrogens with zero attached hydrogens (tertiary/aromatic N) is 1. The number of hydrogen-bond acceptors (Lipinski definition) is 2. The van der Waals surface area contributed by atoms with Gasteiger partial charge in [-0.2, -0.15) is 0 Å². The second kappa shape index (κ2) is 6.51. The summed E-state index contributed by atoms with van der Waals surface area (Å²) in [4.78, 5) is 13.2. The number of benzene rings is 1. The molecular formula is C12H17ClN2O. The number of likely N-dealkylation sites (N-methyl/N-ethyl adjacent to an activating group) is 1. The van der Waals surface area contributed by atoms with E-state index in [4.69, 9.17) is 11.6 Å². The van der Waals surface area contributed by atoms with E-state index >= 15 is 0 Å². The van der Waals surface area contributed by atoms with E-state index < -0.39 is 0 Å². The number of rotatable bonds is 5. The van der Waals surface area contributed by atoms with Crippen molar-refractivity contribution < 1.29 is 4.79 Å². The molecule has 0 aliphatic rings. The minimum absolute atomic E-state index is 0.00887. The first-order valence-electron chi connectivity index (χ1n) is 5.19. The van der Waals surface area contributed by atoms with E-state index in [9.17, 15) is 4.79 Å². The fraction of sp³-hybridized carbons (Fsp3) is 0.417. The monoisotopic (exact) mass is 240 g/mol. The van der Waals surface area contributed by atoms with Gasteiger partial charge in [0.05, 0.1) is 6.04 Å². The van der Waals surface area contributed by atoms with Crippen LogP contribution in [0.15, 0.2) is 30.3 Å². The molecule has 0 aliphatic heterocycles. The molecule has 88 valence electrons. The molecule has 0 fully saturated rings. The van der Waals surface area contributed by atoms with Crippen LogP contribution in [0.5, 0.6) is 0 Å². The molecule has 0 heterocycles. The summed E-state index contributed by atoms with van der Waals surface area (Å²) in [5.41, 5.74) is 1.18. The maximum absolute atomic E-state index is 11.1.